The zero-order valence-electron chi connectivity index (χ0n) is 10.3. The molecule has 0 spiro atoms. The van der Waals surface area contributed by atoms with Crippen molar-refractivity contribution in [2.75, 3.05) is 19.8 Å². The molecule has 3 nitrogen and oxygen atoms in total. The first-order valence-corrected chi connectivity index (χ1v) is 5.92. The molecule has 1 N–H and O–H groups in total. The maximum absolute atomic E-state index is 9.06. The molecule has 88 valence electrons. The molecule has 0 aliphatic rings. The standard InChI is InChI=1S/C12H24N2O/c1-4-8-14-12(3,11-13)7-6-10-15-9-5-2/h14H,4-10H2,1-3H3. The average Bonchev–Trinajstić information content (AvgIpc) is 2.26. The Balaban J connectivity index is 3.64. The predicted molar refractivity (Wildman–Crippen MR) is 62.7 cm³/mol. The zero-order valence-corrected chi connectivity index (χ0v) is 10.3. The molecule has 0 rings (SSSR count). The smallest absolute Gasteiger partial charge is 0.104 e. The topological polar surface area (TPSA) is 45.0 Å². The SMILES string of the molecule is CCCNC(C)(C#N)CCCOCCC. The maximum atomic E-state index is 9.06. The van der Waals surface area contributed by atoms with Gasteiger partial charge in [0.15, 0.2) is 0 Å². The number of hydrogen-bond acceptors (Lipinski definition) is 3. The van der Waals surface area contributed by atoms with Crippen molar-refractivity contribution < 1.29 is 4.74 Å². The fourth-order valence-corrected chi connectivity index (χ4v) is 1.36. The summed E-state index contributed by atoms with van der Waals surface area (Å²) in [6.45, 7) is 8.66. The van der Waals surface area contributed by atoms with Crippen LogP contribution < -0.4 is 5.32 Å². The number of hydrogen-bond donors (Lipinski definition) is 1. The van der Waals surface area contributed by atoms with Gasteiger partial charge in [-0.05, 0) is 39.2 Å². The van der Waals surface area contributed by atoms with Crippen molar-refractivity contribution in [3.8, 4) is 6.07 Å². The molecule has 3 heteroatoms. The van der Waals surface area contributed by atoms with E-state index in [0.717, 1.165) is 45.4 Å². The Kier molecular flexibility index (Phi) is 8.35. The van der Waals surface area contributed by atoms with Crippen LogP contribution in [-0.2, 0) is 4.74 Å². The molecule has 0 radical (unpaired) electrons. The molecule has 0 aromatic rings. The third-order valence-corrected chi connectivity index (χ3v) is 2.33. The molecule has 0 amide bonds. The number of nitrogens with one attached hydrogen (secondary N) is 1. The van der Waals surface area contributed by atoms with Gasteiger partial charge in [0.1, 0.15) is 5.54 Å². The summed E-state index contributed by atoms with van der Waals surface area (Å²) in [4.78, 5) is 0. The van der Waals surface area contributed by atoms with E-state index in [9.17, 15) is 0 Å². The summed E-state index contributed by atoms with van der Waals surface area (Å²) in [6, 6.07) is 2.34. The molecule has 0 fully saturated rings. The van der Waals surface area contributed by atoms with Crippen LogP contribution in [0.1, 0.15) is 46.5 Å². The van der Waals surface area contributed by atoms with Crippen LogP contribution in [0.3, 0.4) is 0 Å². The quantitative estimate of drug-likeness (QED) is 0.597. The normalized spacial score (nSPS) is 14.5. The number of ether oxygens (including phenoxy) is 1. The van der Waals surface area contributed by atoms with Gasteiger partial charge >= 0.3 is 0 Å². The lowest BCUT2D eigenvalue weighted by Crippen LogP contribution is -2.41. The zero-order chi connectivity index (χ0) is 11.6. The molecule has 0 aromatic heterocycles. The van der Waals surface area contributed by atoms with Gasteiger partial charge in [-0.25, -0.2) is 0 Å². The average molecular weight is 212 g/mol. The van der Waals surface area contributed by atoms with Gasteiger partial charge in [0.2, 0.25) is 0 Å². The van der Waals surface area contributed by atoms with Crippen molar-refractivity contribution in [3.05, 3.63) is 0 Å². The second kappa shape index (κ2) is 8.70. The Morgan fingerprint density at radius 2 is 2.00 bits per heavy atom. The van der Waals surface area contributed by atoms with Gasteiger partial charge in [0.25, 0.3) is 0 Å². The highest BCUT2D eigenvalue weighted by molar-refractivity contribution is 5.03. The molecule has 0 saturated carbocycles. The van der Waals surface area contributed by atoms with Gasteiger partial charge in [0.05, 0.1) is 6.07 Å². The van der Waals surface area contributed by atoms with Crippen LogP contribution in [0.25, 0.3) is 0 Å². The lowest BCUT2D eigenvalue weighted by molar-refractivity contribution is 0.126. The molecule has 1 unspecified atom stereocenters. The van der Waals surface area contributed by atoms with Gasteiger partial charge in [-0.1, -0.05) is 13.8 Å². The summed E-state index contributed by atoms with van der Waals surface area (Å²) in [5.74, 6) is 0. The van der Waals surface area contributed by atoms with Gasteiger partial charge in [-0.3, -0.25) is 5.32 Å². The molecular formula is C12H24N2O. The van der Waals surface area contributed by atoms with E-state index in [0.29, 0.717) is 0 Å². The van der Waals surface area contributed by atoms with Crippen molar-refractivity contribution >= 4 is 0 Å². The molecule has 15 heavy (non-hydrogen) atoms. The van der Waals surface area contributed by atoms with Crippen molar-refractivity contribution in [1.29, 1.82) is 5.26 Å². The van der Waals surface area contributed by atoms with E-state index in [-0.39, 0.29) is 5.54 Å². The number of nitrogens with zero attached hydrogens (tertiary/aromatic N) is 1. The van der Waals surface area contributed by atoms with E-state index in [1.807, 2.05) is 6.92 Å². The fourth-order valence-electron chi connectivity index (χ4n) is 1.36. The molecule has 0 saturated heterocycles. The summed E-state index contributed by atoms with van der Waals surface area (Å²) >= 11 is 0. The molecular weight excluding hydrogens is 188 g/mol. The molecule has 0 aromatic carbocycles. The van der Waals surface area contributed by atoms with Crippen LogP contribution in [0.5, 0.6) is 0 Å². The van der Waals surface area contributed by atoms with E-state index >= 15 is 0 Å². The lowest BCUT2D eigenvalue weighted by atomic mass is 9.98. The summed E-state index contributed by atoms with van der Waals surface area (Å²) in [5.41, 5.74) is -0.383. The van der Waals surface area contributed by atoms with Gasteiger partial charge in [0, 0.05) is 13.2 Å². The highest BCUT2D eigenvalue weighted by Crippen LogP contribution is 2.11. The largest absolute Gasteiger partial charge is 0.381 e. The van der Waals surface area contributed by atoms with Crippen LogP contribution in [0.2, 0.25) is 0 Å². The Labute approximate surface area is 93.8 Å². The van der Waals surface area contributed by atoms with E-state index in [1.165, 1.54) is 0 Å². The third kappa shape index (κ3) is 7.35. The van der Waals surface area contributed by atoms with Crippen molar-refractivity contribution in [2.45, 2.75) is 52.0 Å². The summed E-state index contributed by atoms with van der Waals surface area (Å²) in [7, 11) is 0. The molecule has 0 bridgehead atoms. The number of rotatable bonds is 9. The van der Waals surface area contributed by atoms with E-state index in [1.54, 1.807) is 0 Å². The Bertz CT molecular complexity index is 189. The monoisotopic (exact) mass is 212 g/mol. The number of nitriles is 1. The Morgan fingerprint density at radius 1 is 1.27 bits per heavy atom. The fraction of sp³-hybridized carbons (Fsp3) is 0.917. The van der Waals surface area contributed by atoms with Crippen molar-refractivity contribution in [3.63, 3.8) is 0 Å². The molecule has 0 aliphatic heterocycles. The van der Waals surface area contributed by atoms with Crippen LogP contribution in [-0.4, -0.2) is 25.3 Å². The highest BCUT2D eigenvalue weighted by atomic mass is 16.5. The Morgan fingerprint density at radius 3 is 2.53 bits per heavy atom. The predicted octanol–water partition coefficient (Wildman–Crippen LogP) is 2.48. The first-order valence-electron chi connectivity index (χ1n) is 5.92. The van der Waals surface area contributed by atoms with Crippen molar-refractivity contribution in [2.24, 2.45) is 0 Å². The maximum Gasteiger partial charge on any atom is 0.104 e. The van der Waals surface area contributed by atoms with Crippen LogP contribution in [0, 0.1) is 11.3 Å². The summed E-state index contributed by atoms with van der Waals surface area (Å²) < 4.78 is 5.39. The van der Waals surface area contributed by atoms with Gasteiger partial charge in [-0.2, -0.15) is 5.26 Å². The van der Waals surface area contributed by atoms with E-state index in [2.05, 4.69) is 25.2 Å². The third-order valence-electron chi connectivity index (χ3n) is 2.33. The molecule has 0 heterocycles. The molecule has 1 atom stereocenters. The van der Waals surface area contributed by atoms with Gasteiger partial charge < -0.3 is 4.74 Å². The minimum atomic E-state index is -0.383. The minimum Gasteiger partial charge on any atom is -0.381 e. The highest BCUT2D eigenvalue weighted by Gasteiger charge is 2.21. The first kappa shape index (κ1) is 14.4. The Hall–Kier alpha value is -0.590. The molecule has 0 aliphatic carbocycles. The lowest BCUT2D eigenvalue weighted by Gasteiger charge is -2.22. The van der Waals surface area contributed by atoms with Crippen LogP contribution in [0.15, 0.2) is 0 Å². The van der Waals surface area contributed by atoms with Crippen LogP contribution >= 0.6 is 0 Å². The first-order chi connectivity index (χ1) is 7.18. The minimum absolute atomic E-state index is 0.383. The van der Waals surface area contributed by atoms with Gasteiger partial charge in [-0.15, -0.1) is 0 Å². The summed E-state index contributed by atoms with van der Waals surface area (Å²) in [6.07, 6.45) is 3.92. The van der Waals surface area contributed by atoms with Crippen molar-refractivity contribution in [1.82, 2.24) is 5.32 Å². The summed E-state index contributed by atoms with van der Waals surface area (Å²) in [5, 5.41) is 12.3. The second-order valence-corrected chi connectivity index (χ2v) is 4.09. The van der Waals surface area contributed by atoms with E-state index < -0.39 is 0 Å². The van der Waals surface area contributed by atoms with E-state index in [4.69, 9.17) is 10.00 Å². The second-order valence-electron chi connectivity index (χ2n) is 4.09. The van der Waals surface area contributed by atoms with Crippen LogP contribution in [0.4, 0.5) is 0 Å².